The van der Waals surface area contributed by atoms with Crippen molar-refractivity contribution < 1.29 is 33.1 Å². The Balaban J connectivity index is 0.000000171. The van der Waals surface area contributed by atoms with Gasteiger partial charge in [0.15, 0.2) is 11.3 Å². The van der Waals surface area contributed by atoms with Crippen molar-refractivity contribution in [2.24, 2.45) is 11.8 Å². The number of nitrogens with one attached hydrogen (secondary N) is 4. The van der Waals surface area contributed by atoms with Gasteiger partial charge in [0.25, 0.3) is 11.8 Å². The van der Waals surface area contributed by atoms with E-state index in [1.807, 2.05) is 20.8 Å². The highest BCUT2D eigenvalue weighted by atomic mass is 35.5. The van der Waals surface area contributed by atoms with Crippen molar-refractivity contribution in [3.05, 3.63) is 80.5 Å². The van der Waals surface area contributed by atoms with Gasteiger partial charge in [-0.15, -0.1) is 0 Å². The van der Waals surface area contributed by atoms with Gasteiger partial charge in [-0.2, -0.15) is 19.2 Å². The smallest absolute Gasteiger partial charge is 0.416 e. The molecule has 2 saturated carbocycles. The van der Waals surface area contributed by atoms with Gasteiger partial charge in [-0.1, -0.05) is 23.2 Å². The molecule has 0 bridgehead atoms. The van der Waals surface area contributed by atoms with Crippen molar-refractivity contribution in [2.75, 3.05) is 28.6 Å². The van der Waals surface area contributed by atoms with E-state index < -0.39 is 23.5 Å². The van der Waals surface area contributed by atoms with Crippen LogP contribution < -0.4 is 26.2 Å². The van der Waals surface area contributed by atoms with Gasteiger partial charge in [0.05, 0.1) is 35.9 Å². The minimum Gasteiger partial charge on any atom is -0.443 e. The monoisotopic (exact) mass is 885 g/mol. The third kappa shape index (κ3) is 9.71. The largest absolute Gasteiger partial charge is 0.443 e. The zero-order valence-electron chi connectivity index (χ0n) is 34.1. The molecule has 4 fully saturated rings. The summed E-state index contributed by atoms with van der Waals surface area (Å²) < 4.78 is 22.6. The number of imide groups is 2. The third-order valence-electron chi connectivity index (χ3n) is 10.2. The number of halogens is 3. The van der Waals surface area contributed by atoms with Crippen LogP contribution in [0.5, 0.6) is 0 Å². The molecule has 6 heterocycles. The number of aromatic nitrogens is 6. The summed E-state index contributed by atoms with van der Waals surface area (Å²) in [4.78, 5) is 70.3. The van der Waals surface area contributed by atoms with Crippen LogP contribution in [0.25, 0.3) is 23.4 Å². The second-order valence-electron chi connectivity index (χ2n) is 16.6. The van der Waals surface area contributed by atoms with Gasteiger partial charge in [0.2, 0.25) is 11.8 Å². The Morgan fingerprint density at radius 2 is 1.48 bits per heavy atom. The topological polar surface area (TPSA) is 206 Å². The second kappa shape index (κ2) is 16.8. The van der Waals surface area contributed by atoms with E-state index in [4.69, 9.17) is 27.9 Å². The molecule has 4 aliphatic rings. The number of anilines is 4. The lowest BCUT2D eigenvalue weighted by Gasteiger charge is -2.27. The molecular formula is C42H42Cl2FN11O6. The lowest BCUT2D eigenvalue weighted by Crippen LogP contribution is -2.39. The van der Waals surface area contributed by atoms with Gasteiger partial charge < -0.3 is 15.4 Å². The second-order valence-corrected chi connectivity index (χ2v) is 17.4. The summed E-state index contributed by atoms with van der Waals surface area (Å²) >= 11 is 12.5. The predicted octanol–water partition coefficient (Wildman–Crippen LogP) is 6.79. The molecule has 17 nitrogen and oxygen atoms in total. The van der Waals surface area contributed by atoms with E-state index >= 15 is 0 Å². The lowest BCUT2D eigenvalue weighted by atomic mass is 10.1. The quantitative estimate of drug-likeness (QED) is 0.0650. The van der Waals surface area contributed by atoms with E-state index in [9.17, 15) is 28.4 Å². The maximum atomic E-state index is 13.8. The van der Waals surface area contributed by atoms with Crippen LogP contribution in [-0.2, 0) is 23.9 Å². The first-order valence-electron chi connectivity index (χ1n) is 20.0. The van der Waals surface area contributed by atoms with E-state index in [-0.39, 0.29) is 40.6 Å². The highest BCUT2D eigenvalue weighted by Crippen LogP contribution is 2.35. The molecule has 0 atom stereocenters. The number of hydrogen-bond donors (Lipinski definition) is 4. The number of carbonyl (C=O) groups excluding carboxylic acids is 5. The molecule has 1 aromatic carbocycles. The van der Waals surface area contributed by atoms with E-state index in [0.29, 0.717) is 74.8 Å². The highest BCUT2D eigenvalue weighted by molar-refractivity contribution is 6.33. The summed E-state index contributed by atoms with van der Waals surface area (Å²) in [6.45, 7) is 8.37. The first-order valence-corrected chi connectivity index (χ1v) is 20.7. The minimum atomic E-state index is -0.656. The lowest BCUT2D eigenvalue weighted by molar-refractivity contribution is -0.125. The average Bonchev–Trinajstić information content (AvgIpc) is 4.07. The van der Waals surface area contributed by atoms with Crippen molar-refractivity contribution in [2.45, 2.75) is 71.8 Å². The Morgan fingerprint density at radius 1 is 0.887 bits per heavy atom. The Morgan fingerprint density at radius 3 is 2.05 bits per heavy atom. The molecule has 2 aliphatic heterocycles. The van der Waals surface area contributed by atoms with Crippen LogP contribution in [0.3, 0.4) is 0 Å². The van der Waals surface area contributed by atoms with Crippen LogP contribution in [0, 0.1) is 24.6 Å². The number of aryl methyl sites for hydroxylation is 1. The number of hydrogen-bond acceptors (Lipinski definition) is 12. The first-order chi connectivity index (χ1) is 29.5. The number of rotatable bonds is 10. The van der Waals surface area contributed by atoms with Gasteiger partial charge in [-0.3, -0.25) is 34.7 Å². The van der Waals surface area contributed by atoms with Crippen LogP contribution in [-0.4, -0.2) is 77.6 Å². The highest BCUT2D eigenvalue weighted by Gasteiger charge is 2.33. The van der Waals surface area contributed by atoms with E-state index in [2.05, 4.69) is 41.4 Å². The standard InChI is InChI=1S/C22H20ClFN6O2.C20H22ClN5O4/c1-11-4-17(15(23)7-16(11)24)27-18-8-19(25-9-12-2-3-12)30-21(28-18)14(10-26-30)5-13-6-20(31)29-22(13)32;1-20(2,3)30-19(29)25(10-11-4-5-11)16-8-14(21)23-17-13(9-22-26(16)17)6-12-7-15(27)24-18(12)28/h4-5,7-8,10,12,25H,2-3,6,9H2,1H3,(H,27,28)(H,29,31,32);6,8-9,11H,4-5,7,10H2,1-3H3,(H,24,27,28)/b13-5+;12-6+. The number of fused-ring (bicyclic) bond motifs is 2. The fourth-order valence-electron chi connectivity index (χ4n) is 6.72. The fourth-order valence-corrected chi connectivity index (χ4v) is 7.09. The van der Waals surface area contributed by atoms with Gasteiger partial charge in [0.1, 0.15) is 34.0 Å². The van der Waals surface area contributed by atoms with Crippen LogP contribution in [0.15, 0.2) is 47.8 Å². The summed E-state index contributed by atoms with van der Waals surface area (Å²) in [5.41, 5.74) is 3.00. The van der Waals surface area contributed by atoms with Gasteiger partial charge in [-0.05, 0) is 95.1 Å². The van der Waals surface area contributed by atoms with Crippen LogP contribution in [0.4, 0.5) is 32.3 Å². The fraction of sp³-hybridized carbons (Fsp3) is 0.357. The molecule has 322 valence electrons. The predicted molar refractivity (Wildman–Crippen MR) is 229 cm³/mol. The summed E-state index contributed by atoms with van der Waals surface area (Å²) in [5.74, 6) is 0.740. The van der Waals surface area contributed by atoms with Crippen LogP contribution >= 0.6 is 23.2 Å². The molecule has 62 heavy (non-hydrogen) atoms. The molecule has 0 spiro atoms. The van der Waals surface area contributed by atoms with Crippen molar-refractivity contribution in [3.63, 3.8) is 0 Å². The molecule has 2 aliphatic carbocycles. The molecule has 5 amide bonds. The maximum absolute atomic E-state index is 13.8. The first kappa shape index (κ1) is 42.3. The molecule has 5 aromatic rings. The van der Waals surface area contributed by atoms with E-state index in [0.717, 1.165) is 25.2 Å². The minimum absolute atomic E-state index is 0.00465. The van der Waals surface area contributed by atoms with E-state index in [1.54, 1.807) is 48.0 Å². The van der Waals surface area contributed by atoms with Gasteiger partial charge in [0, 0.05) is 47.5 Å². The molecule has 9 rings (SSSR count). The molecule has 4 N–H and O–H groups in total. The number of benzene rings is 1. The molecular weight excluding hydrogens is 844 g/mol. The van der Waals surface area contributed by atoms with Crippen molar-refractivity contribution in [1.82, 2.24) is 39.8 Å². The van der Waals surface area contributed by atoms with Crippen molar-refractivity contribution in [3.8, 4) is 0 Å². The Kier molecular flexibility index (Phi) is 11.5. The molecule has 4 aromatic heterocycles. The van der Waals surface area contributed by atoms with Crippen molar-refractivity contribution in [1.29, 1.82) is 0 Å². The molecule has 20 heteroatoms. The van der Waals surface area contributed by atoms with Crippen molar-refractivity contribution >= 4 is 99.5 Å². The summed E-state index contributed by atoms with van der Waals surface area (Å²) in [7, 11) is 0. The molecule has 0 unspecified atom stereocenters. The molecule has 2 saturated heterocycles. The number of ether oxygens (including phenoxy) is 1. The number of amides is 5. The summed E-state index contributed by atoms with van der Waals surface area (Å²) in [5, 5.41) is 20.3. The number of nitrogens with zero attached hydrogens (tertiary/aromatic N) is 7. The Labute approximate surface area is 364 Å². The zero-order chi connectivity index (χ0) is 44.0. The van der Waals surface area contributed by atoms with E-state index in [1.165, 1.54) is 34.5 Å². The maximum Gasteiger partial charge on any atom is 0.416 e. The molecule has 0 radical (unpaired) electrons. The van der Waals surface area contributed by atoms with Gasteiger partial charge in [-0.25, -0.2) is 19.2 Å². The van der Waals surface area contributed by atoms with Crippen LogP contribution in [0.2, 0.25) is 10.2 Å². The zero-order valence-corrected chi connectivity index (χ0v) is 35.7. The normalized spacial score (nSPS) is 17.7. The SMILES string of the molecule is CC(C)(C)OC(=O)N(CC1CC1)c1cc(Cl)nc2c(/C=C3\CC(=O)NC3=O)cnn12.Cc1cc(Nc2cc(NCC3CC3)n3ncc(/C=C4\CC(=O)NC4=O)c3n2)c(Cl)cc1F. The summed E-state index contributed by atoms with van der Waals surface area (Å²) in [6, 6.07) is 6.25. The third-order valence-corrected chi connectivity index (χ3v) is 10.7. The Bertz CT molecular complexity index is 2750. The number of carbonyl (C=O) groups is 5. The Hall–Kier alpha value is -6.40. The average molecular weight is 887 g/mol. The summed E-state index contributed by atoms with van der Waals surface area (Å²) in [6.07, 6.45) is 10.3. The van der Waals surface area contributed by atoms with Gasteiger partial charge >= 0.3 is 6.09 Å². The van der Waals surface area contributed by atoms with Crippen LogP contribution in [0.1, 0.15) is 76.0 Å².